The Hall–Kier alpha value is -2.55. The minimum absolute atomic E-state index is 0.0215. The predicted octanol–water partition coefficient (Wildman–Crippen LogP) is 4.28. The van der Waals surface area contributed by atoms with Crippen LogP contribution in [0, 0.1) is 5.92 Å². The molecule has 0 bridgehead atoms. The van der Waals surface area contributed by atoms with E-state index in [-0.39, 0.29) is 11.8 Å². The van der Waals surface area contributed by atoms with E-state index in [2.05, 4.69) is 46.4 Å². The summed E-state index contributed by atoms with van der Waals surface area (Å²) < 4.78 is 2.20. The van der Waals surface area contributed by atoms with E-state index in [9.17, 15) is 4.79 Å². The van der Waals surface area contributed by atoms with Crippen molar-refractivity contribution in [3.05, 3.63) is 66.4 Å². The number of fused-ring (bicyclic) bond motifs is 1. The highest BCUT2D eigenvalue weighted by atomic mass is 16.1. The molecule has 0 saturated carbocycles. The summed E-state index contributed by atoms with van der Waals surface area (Å²) in [5, 5.41) is 4.14. The molecule has 3 heteroatoms. The summed E-state index contributed by atoms with van der Waals surface area (Å²) in [7, 11) is 0. The Morgan fingerprint density at radius 2 is 1.86 bits per heavy atom. The van der Waals surface area contributed by atoms with Gasteiger partial charge in [0.25, 0.3) is 0 Å². The lowest BCUT2D eigenvalue weighted by molar-refractivity contribution is -0.118. The fraction of sp³-hybridized carbons (Fsp3) is 0.211. The van der Waals surface area contributed by atoms with E-state index in [0.717, 1.165) is 17.7 Å². The first-order valence-electron chi connectivity index (χ1n) is 7.57. The van der Waals surface area contributed by atoms with E-state index in [1.807, 2.05) is 38.1 Å². The highest BCUT2D eigenvalue weighted by Gasteiger charge is 2.08. The Morgan fingerprint density at radius 1 is 1.09 bits per heavy atom. The van der Waals surface area contributed by atoms with Gasteiger partial charge in [-0.2, -0.15) is 0 Å². The molecule has 22 heavy (non-hydrogen) atoms. The second-order valence-corrected chi connectivity index (χ2v) is 5.85. The Bertz CT molecular complexity index is 788. The van der Waals surface area contributed by atoms with Crippen molar-refractivity contribution >= 4 is 22.5 Å². The number of carbonyl (C=O) groups is 1. The number of carbonyl (C=O) groups excluding carboxylic acids is 1. The Balaban J connectivity index is 1.90. The summed E-state index contributed by atoms with van der Waals surface area (Å²) in [6.45, 7) is 4.61. The van der Waals surface area contributed by atoms with Gasteiger partial charge in [-0.05, 0) is 29.1 Å². The number of hydrogen-bond donors (Lipinski definition) is 1. The first kappa shape index (κ1) is 14.4. The maximum atomic E-state index is 11.8. The molecule has 2 aromatic carbocycles. The topological polar surface area (TPSA) is 34.0 Å². The van der Waals surface area contributed by atoms with Crippen LogP contribution < -0.4 is 5.32 Å². The molecule has 3 rings (SSSR count). The van der Waals surface area contributed by atoms with Crippen LogP contribution in [-0.4, -0.2) is 10.5 Å². The van der Waals surface area contributed by atoms with Crippen LogP contribution in [0.15, 0.2) is 60.8 Å². The average Bonchev–Trinajstić information content (AvgIpc) is 2.91. The molecule has 0 fully saturated rings. The quantitative estimate of drug-likeness (QED) is 0.765. The monoisotopic (exact) mass is 292 g/mol. The van der Waals surface area contributed by atoms with Crippen LogP contribution in [0.25, 0.3) is 10.9 Å². The molecule has 1 heterocycles. The molecule has 0 atom stereocenters. The lowest BCUT2D eigenvalue weighted by Gasteiger charge is -2.10. The highest BCUT2D eigenvalue weighted by molar-refractivity contribution is 5.94. The lowest BCUT2D eigenvalue weighted by atomic mass is 10.2. The number of anilines is 1. The van der Waals surface area contributed by atoms with Crippen LogP contribution in [-0.2, 0) is 11.3 Å². The molecule has 3 nitrogen and oxygen atoms in total. The largest absolute Gasteiger partial charge is 0.343 e. The minimum Gasteiger partial charge on any atom is -0.343 e. The molecule has 0 saturated heterocycles. The zero-order valence-corrected chi connectivity index (χ0v) is 12.9. The number of amides is 1. The molecule has 0 radical (unpaired) electrons. The molecular formula is C19H20N2O. The summed E-state index contributed by atoms with van der Waals surface area (Å²) in [5.41, 5.74) is 3.24. The van der Waals surface area contributed by atoms with Crippen molar-refractivity contribution in [3.8, 4) is 0 Å². The van der Waals surface area contributed by atoms with E-state index < -0.39 is 0 Å². The van der Waals surface area contributed by atoms with Gasteiger partial charge >= 0.3 is 0 Å². The first-order chi connectivity index (χ1) is 10.6. The summed E-state index contributed by atoms with van der Waals surface area (Å²) in [5.74, 6) is 0.0207. The Morgan fingerprint density at radius 3 is 2.59 bits per heavy atom. The number of hydrogen-bond acceptors (Lipinski definition) is 1. The number of rotatable bonds is 4. The third-order valence-electron chi connectivity index (χ3n) is 3.76. The molecule has 1 N–H and O–H groups in total. The third-order valence-corrected chi connectivity index (χ3v) is 3.76. The van der Waals surface area contributed by atoms with Crippen molar-refractivity contribution in [2.75, 3.05) is 5.32 Å². The third kappa shape index (κ3) is 3.03. The van der Waals surface area contributed by atoms with Gasteiger partial charge in [-0.1, -0.05) is 50.2 Å². The van der Waals surface area contributed by atoms with Gasteiger partial charge in [-0.3, -0.25) is 4.79 Å². The smallest absolute Gasteiger partial charge is 0.226 e. The molecule has 0 aliphatic rings. The predicted molar refractivity (Wildman–Crippen MR) is 90.9 cm³/mol. The minimum atomic E-state index is -0.0215. The molecule has 1 aromatic heterocycles. The molecule has 1 amide bonds. The molecule has 112 valence electrons. The maximum absolute atomic E-state index is 11.8. The van der Waals surface area contributed by atoms with Crippen LogP contribution in [0.5, 0.6) is 0 Å². The number of benzene rings is 2. The van der Waals surface area contributed by atoms with E-state index in [1.165, 1.54) is 10.9 Å². The normalized spacial score (nSPS) is 11.0. The van der Waals surface area contributed by atoms with Gasteiger partial charge in [0.15, 0.2) is 0 Å². The van der Waals surface area contributed by atoms with Gasteiger partial charge in [0.1, 0.15) is 0 Å². The van der Waals surface area contributed by atoms with Crippen LogP contribution in [0.2, 0.25) is 0 Å². The summed E-state index contributed by atoms with van der Waals surface area (Å²) >= 11 is 0. The fourth-order valence-corrected chi connectivity index (χ4v) is 2.47. The summed E-state index contributed by atoms with van der Waals surface area (Å²) in [6, 6.07) is 18.5. The van der Waals surface area contributed by atoms with E-state index in [1.54, 1.807) is 0 Å². The Kier molecular flexibility index (Phi) is 3.96. The standard InChI is InChI=1S/C19H20N2O/c1-14(2)19(22)20-17-9-8-16-10-11-21(18(16)12-17)13-15-6-4-3-5-7-15/h3-12,14H,13H2,1-2H3,(H,20,22). The van der Waals surface area contributed by atoms with Crippen molar-refractivity contribution in [1.29, 1.82) is 0 Å². The highest BCUT2D eigenvalue weighted by Crippen LogP contribution is 2.22. The second kappa shape index (κ2) is 6.06. The molecule has 0 aliphatic heterocycles. The van der Waals surface area contributed by atoms with E-state index >= 15 is 0 Å². The SMILES string of the molecule is CC(C)C(=O)Nc1ccc2ccn(Cc3ccccc3)c2c1. The fourth-order valence-electron chi connectivity index (χ4n) is 2.47. The van der Waals surface area contributed by atoms with Crippen molar-refractivity contribution in [1.82, 2.24) is 4.57 Å². The zero-order chi connectivity index (χ0) is 15.5. The van der Waals surface area contributed by atoms with Crippen LogP contribution in [0.3, 0.4) is 0 Å². The molecule has 0 aliphatic carbocycles. The van der Waals surface area contributed by atoms with Crippen molar-refractivity contribution in [2.45, 2.75) is 20.4 Å². The van der Waals surface area contributed by atoms with Gasteiger partial charge in [0.2, 0.25) is 5.91 Å². The molecular weight excluding hydrogens is 272 g/mol. The van der Waals surface area contributed by atoms with Crippen molar-refractivity contribution < 1.29 is 4.79 Å². The van der Waals surface area contributed by atoms with Gasteiger partial charge in [-0.25, -0.2) is 0 Å². The van der Waals surface area contributed by atoms with Crippen LogP contribution >= 0.6 is 0 Å². The van der Waals surface area contributed by atoms with E-state index in [4.69, 9.17) is 0 Å². The molecule has 3 aromatic rings. The average molecular weight is 292 g/mol. The van der Waals surface area contributed by atoms with Gasteiger partial charge in [-0.15, -0.1) is 0 Å². The van der Waals surface area contributed by atoms with Crippen molar-refractivity contribution in [3.63, 3.8) is 0 Å². The van der Waals surface area contributed by atoms with Gasteiger partial charge in [0, 0.05) is 24.3 Å². The summed E-state index contributed by atoms with van der Waals surface area (Å²) in [6.07, 6.45) is 2.09. The summed E-state index contributed by atoms with van der Waals surface area (Å²) in [4.78, 5) is 11.8. The lowest BCUT2D eigenvalue weighted by Crippen LogP contribution is -2.17. The maximum Gasteiger partial charge on any atom is 0.226 e. The van der Waals surface area contributed by atoms with Crippen LogP contribution in [0.1, 0.15) is 19.4 Å². The number of aromatic nitrogens is 1. The van der Waals surface area contributed by atoms with Crippen molar-refractivity contribution in [2.24, 2.45) is 5.92 Å². The number of nitrogens with zero attached hydrogens (tertiary/aromatic N) is 1. The molecule has 0 unspecified atom stereocenters. The zero-order valence-electron chi connectivity index (χ0n) is 12.9. The molecule has 0 spiro atoms. The Labute approximate surface area is 130 Å². The van der Waals surface area contributed by atoms with Gasteiger partial charge in [0.05, 0.1) is 5.52 Å². The van der Waals surface area contributed by atoms with Gasteiger partial charge < -0.3 is 9.88 Å². The van der Waals surface area contributed by atoms with E-state index in [0.29, 0.717) is 0 Å². The number of nitrogens with one attached hydrogen (secondary N) is 1. The first-order valence-corrected chi connectivity index (χ1v) is 7.57. The second-order valence-electron chi connectivity index (χ2n) is 5.85. The van der Waals surface area contributed by atoms with Crippen LogP contribution in [0.4, 0.5) is 5.69 Å².